The number of hydrogen-bond acceptors (Lipinski definition) is 5. The summed E-state index contributed by atoms with van der Waals surface area (Å²) in [5.74, 6) is 1.36. The van der Waals surface area contributed by atoms with Gasteiger partial charge in [0.25, 0.3) is 5.78 Å². The Hall–Kier alpha value is -3.04. The van der Waals surface area contributed by atoms with Crippen LogP contribution in [0.2, 0.25) is 5.02 Å². The maximum Gasteiger partial charge on any atom is 0.258 e. The molecule has 0 aliphatic heterocycles. The van der Waals surface area contributed by atoms with Crippen molar-refractivity contribution in [3.8, 4) is 0 Å². The molecule has 0 spiro atoms. The summed E-state index contributed by atoms with van der Waals surface area (Å²) in [6.45, 7) is 0. The molecular weight excluding hydrogens is 386 g/mol. The van der Waals surface area contributed by atoms with Crippen molar-refractivity contribution in [2.24, 2.45) is 0 Å². The maximum absolute atomic E-state index is 12.2. The second-order valence-corrected chi connectivity index (χ2v) is 7.21. The summed E-state index contributed by atoms with van der Waals surface area (Å²) in [7, 11) is 0. The number of para-hydroxylation sites is 2. The zero-order chi connectivity index (χ0) is 18.4. The summed E-state index contributed by atoms with van der Waals surface area (Å²) in [4.78, 5) is 16.7. The van der Waals surface area contributed by atoms with Gasteiger partial charge in [-0.25, -0.2) is 9.38 Å². The first-order valence-corrected chi connectivity index (χ1v) is 9.44. The van der Waals surface area contributed by atoms with Crippen molar-refractivity contribution < 1.29 is 4.79 Å². The van der Waals surface area contributed by atoms with Crippen LogP contribution >= 0.6 is 23.4 Å². The van der Waals surface area contributed by atoms with Crippen LogP contribution in [0.5, 0.6) is 0 Å². The van der Waals surface area contributed by atoms with Crippen molar-refractivity contribution in [1.29, 1.82) is 0 Å². The molecule has 0 fully saturated rings. The minimum absolute atomic E-state index is 0.138. The molecule has 8 nitrogen and oxygen atoms in total. The summed E-state index contributed by atoms with van der Waals surface area (Å²) >= 11 is 7.14. The largest absolute Gasteiger partial charge is 0.325 e. The summed E-state index contributed by atoms with van der Waals surface area (Å²) in [5, 5.41) is 15.6. The van der Waals surface area contributed by atoms with Gasteiger partial charge >= 0.3 is 0 Å². The molecule has 0 aliphatic rings. The van der Waals surface area contributed by atoms with Gasteiger partial charge in [0.15, 0.2) is 0 Å². The highest BCUT2D eigenvalue weighted by Gasteiger charge is 2.16. The van der Waals surface area contributed by atoms with Gasteiger partial charge in [-0.3, -0.25) is 9.89 Å². The number of carbonyl (C=O) groups excluding carboxylic acids is 1. The Labute approximate surface area is 161 Å². The number of aromatic nitrogens is 6. The number of aromatic amines is 1. The van der Waals surface area contributed by atoms with Gasteiger partial charge in [-0.2, -0.15) is 4.52 Å². The molecule has 134 valence electrons. The number of rotatable bonds is 4. The first-order chi connectivity index (χ1) is 13.2. The Balaban J connectivity index is 1.38. The van der Waals surface area contributed by atoms with E-state index in [0.717, 1.165) is 11.0 Å². The molecule has 0 atom stereocenters. The summed E-state index contributed by atoms with van der Waals surface area (Å²) in [5.41, 5.74) is 2.52. The van der Waals surface area contributed by atoms with Gasteiger partial charge < -0.3 is 5.32 Å². The first-order valence-electron chi connectivity index (χ1n) is 8.07. The van der Waals surface area contributed by atoms with Gasteiger partial charge in [0.1, 0.15) is 0 Å². The Bertz CT molecular complexity index is 1290. The fourth-order valence-corrected chi connectivity index (χ4v) is 3.68. The van der Waals surface area contributed by atoms with Gasteiger partial charge in [-0.15, -0.1) is 10.2 Å². The third kappa shape index (κ3) is 2.81. The zero-order valence-electron chi connectivity index (χ0n) is 13.8. The van der Waals surface area contributed by atoms with E-state index in [2.05, 4.69) is 25.6 Å². The molecule has 0 radical (unpaired) electrons. The van der Waals surface area contributed by atoms with Crippen molar-refractivity contribution in [2.45, 2.75) is 5.16 Å². The quantitative estimate of drug-likeness (QED) is 0.454. The van der Waals surface area contributed by atoms with Crippen LogP contribution in [0, 0.1) is 0 Å². The highest BCUT2D eigenvalue weighted by molar-refractivity contribution is 7.99. The average molecular weight is 398 g/mol. The summed E-state index contributed by atoms with van der Waals surface area (Å²) < 4.78 is 3.63. The number of carbonyl (C=O) groups is 1. The van der Waals surface area contributed by atoms with Crippen LogP contribution in [0.3, 0.4) is 0 Å². The van der Waals surface area contributed by atoms with Crippen LogP contribution in [0.1, 0.15) is 0 Å². The van der Waals surface area contributed by atoms with Crippen LogP contribution in [0.15, 0.2) is 53.7 Å². The van der Waals surface area contributed by atoms with Gasteiger partial charge in [-0.1, -0.05) is 35.5 Å². The van der Waals surface area contributed by atoms with Crippen molar-refractivity contribution in [3.05, 3.63) is 53.6 Å². The number of nitrogens with zero attached hydrogens (tertiary/aromatic N) is 5. The third-order valence-corrected chi connectivity index (χ3v) is 5.23. The van der Waals surface area contributed by atoms with Crippen LogP contribution in [0.25, 0.3) is 22.6 Å². The van der Waals surface area contributed by atoms with Gasteiger partial charge in [0.2, 0.25) is 16.8 Å². The molecule has 0 saturated carbocycles. The normalized spacial score (nSPS) is 11.6. The number of anilines is 1. The molecule has 1 amide bonds. The Morgan fingerprint density at radius 2 is 1.96 bits per heavy atom. The molecule has 0 unspecified atom stereocenters. The molecule has 0 saturated heterocycles. The number of nitrogens with one attached hydrogen (secondary N) is 2. The Morgan fingerprint density at radius 3 is 2.81 bits per heavy atom. The number of benzene rings is 2. The molecule has 10 heteroatoms. The van der Waals surface area contributed by atoms with Crippen LogP contribution in [0.4, 0.5) is 5.69 Å². The van der Waals surface area contributed by atoms with E-state index in [9.17, 15) is 4.79 Å². The highest BCUT2D eigenvalue weighted by Crippen LogP contribution is 2.22. The number of hydrogen-bond donors (Lipinski definition) is 2. The first kappa shape index (κ1) is 16.2. The second kappa shape index (κ2) is 6.29. The van der Waals surface area contributed by atoms with Crippen molar-refractivity contribution in [3.63, 3.8) is 0 Å². The SMILES string of the molecule is O=C(CSc1nnc2n1[nH]c1nc3ccccc3n12)Nc1ccc(Cl)cc1. The smallest absolute Gasteiger partial charge is 0.258 e. The van der Waals surface area contributed by atoms with E-state index in [1.165, 1.54) is 11.8 Å². The Morgan fingerprint density at radius 1 is 1.15 bits per heavy atom. The highest BCUT2D eigenvalue weighted by atomic mass is 35.5. The number of H-pyrrole nitrogens is 1. The molecule has 2 N–H and O–H groups in total. The van der Waals surface area contributed by atoms with Crippen LogP contribution in [-0.4, -0.2) is 40.9 Å². The lowest BCUT2D eigenvalue weighted by atomic mass is 10.3. The standard InChI is InChI=1S/C17H12ClN7OS/c18-10-5-7-11(8-6-10)19-14(26)9-27-17-22-21-16-24-13-4-2-1-3-12(13)20-15(24)23-25(16)17/h1-8H,9H2,(H,19,26)(H,20,23). The van der Waals surface area contributed by atoms with E-state index in [-0.39, 0.29) is 11.7 Å². The van der Waals surface area contributed by atoms with E-state index < -0.39 is 0 Å². The summed E-state index contributed by atoms with van der Waals surface area (Å²) in [6.07, 6.45) is 0. The molecule has 5 rings (SSSR count). The van der Waals surface area contributed by atoms with Crippen molar-refractivity contribution >= 4 is 57.5 Å². The zero-order valence-corrected chi connectivity index (χ0v) is 15.3. The van der Waals surface area contributed by atoms with E-state index in [1.54, 1.807) is 28.8 Å². The molecular formula is C17H12ClN7OS. The average Bonchev–Trinajstić information content (AvgIpc) is 3.31. The number of halogens is 1. The second-order valence-electron chi connectivity index (χ2n) is 5.83. The van der Waals surface area contributed by atoms with Gasteiger partial charge in [-0.05, 0) is 36.4 Å². The summed E-state index contributed by atoms with van der Waals surface area (Å²) in [6, 6.07) is 14.8. The van der Waals surface area contributed by atoms with Crippen molar-refractivity contribution in [1.82, 2.24) is 29.2 Å². The topological polar surface area (TPSA) is 92.4 Å². The fraction of sp³-hybridized carbons (Fsp3) is 0.0588. The number of amides is 1. The number of imidazole rings is 1. The molecule has 3 aromatic heterocycles. The predicted octanol–water partition coefficient (Wildman–Crippen LogP) is 3.24. The predicted molar refractivity (Wildman–Crippen MR) is 104 cm³/mol. The molecule has 3 heterocycles. The molecule has 2 aromatic carbocycles. The van der Waals surface area contributed by atoms with Gasteiger partial charge in [0, 0.05) is 10.7 Å². The van der Waals surface area contributed by atoms with E-state index in [0.29, 0.717) is 27.4 Å². The van der Waals surface area contributed by atoms with E-state index in [1.807, 2.05) is 28.7 Å². The Kier molecular flexibility index (Phi) is 3.76. The third-order valence-electron chi connectivity index (χ3n) is 4.05. The van der Waals surface area contributed by atoms with E-state index in [4.69, 9.17) is 11.6 Å². The lowest BCUT2D eigenvalue weighted by molar-refractivity contribution is -0.113. The minimum Gasteiger partial charge on any atom is -0.325 e. The minimum atomic E-state index is -0.138. The number of fused-ring (bicyclic) bond motifs is 5. The lowest BCUT2D eigenvalue weighted by Crippen LogP contribution is -2.14. The van der Waals surface area contributed by atoms with Crippen molar-refractivity contribution in [2.75, 3.05) is 11.1 Å². The monoisotopic (exact) mass is 397 g/mol. The van der Waals surface area contributed by atoms with Crippen LogP contribution < -0.4 is 5.32 Å². The number of thioether (sulfide) groups is 1. The maximum atomic E-state index is 12.2. The molecule has 5 aromatic rings. The molecule has 0 aliphatic carbocycles. The fourth-order valence-electron chi connectivity index (χ4n) is 2.86. The molecule has 0 bridgehead atoms. The van der Waals surface area contributed by atoms with Crippen LogP contribution in [-0.2, 0) is 4.79 Å². The lowest BCUT2D eigenvalue weighted by Gasteiger charge is -2.04. The molecule has 27 heavy (non-hydrogen) atoms. The van der Waals surface area contributed by atoms with E-state index >= 15 is 0 Å². The van der Waals surface area contributed by atoms with Gasteiger partial charge in [0.05, 0.1) is 16.8 Å².